The molecule has 1 fully saturated rings. The van der Waals surface area contributed by atoms with Crippen molar-refractivity contribution in [1.82, 2.24) is 5.32 Å². The Morgan fingerprint density at radius 3 is 2.44 bits per heavy atom. The Bertz CT molecular complexity index is 1250. The van der Waals surface area contributed by atoms with E-state index in [2.05, 4.69) is 12.2 Å². The highest BCUT2D eigenvalue weighted by Crippen LogP contribution is 2.32. The lowest BCUT2D eigenvalue weighted by Gasteiger charge is -2.29. The molecule has 3 aromatic rings. The number of carbonyl (C=O) groups is 2. The van der Waals surface area contributed by atoms with Gasteiger partial charge in [0.15, 0.2) is 5.11 Å². The van der Waals surface area contributed by atoms with Crippen LogP contribution in [0, 0.1) is 0 Å². The van der Waals surface area contributed by atoms with Gasteiger partial charge in [-0.2, -0.15) is 0 Å². The number of rotatable bonds is 5. The maximum Gasteiger partial charge on any atom is 0.270 e. The van der Waals surface area contributed by atoms with Crippen LogP contribution in [0.5, 0.6) is 5.75 Å². The van der Waals surface area contributed by atoms with Gasteiger partial charge < -0.3 is 4.74 Å². The minimum Gasteiger partial charge on any atom is -0.490 e. The number of hydrogen-bond acceptors (Lipinski definition) is 4. The Morgan fingerprint density at radius 2 is 1.75 bits per heavy atom. The van der Waals surface area contributed by atoms with Crippen molar-refractivity contribution in [3.05, 3.63) is 77.4 Å². The van der Waals surface area contributed by atoms with Crippen molar-refractivity contribution in [2.24, 2.45) is 0 Å². The predicted molar refractivity (Wildman–Crippen MR) is 132 cm³/mol. The van der Waals surface area contributed by atoms with E-state index in [1.807, 2.05) is 74.5 Å². The van der Waals surface area contributed by atoms with Crippen molar-refractivity contribution in [3.63, 3.8) is 0 Å². The third kappa shape index (κ3) is 4.14. The Hall–Kier alpha value is -3.51. The highest BCUT2D eigenvalue weighted by atomic mass is 32.1. The zero-order valence-corrected chi connectivity index (χ0v) is 19.0. The number of amides is 2. The lowest BCUT2D eigenvalue weighted by atomic mass is 9.99. The number of carbonyl (C=O) groups excluding carboxylic acids is 2. The molecule has 5 nitrogen and oxygen atoms in total. The van der Waals surface area contributed by atoms with Crippen LogP contribution in [0.15, 0.2) is 66.2 Å². The summed E-state index contributed by atoms with van der Waals surface area (Å²) in [7, 11) is 0. The number of nitrogens with zero attached hydrogens (tertiary/aromatic N) is 1. The molecule has 0 aliphatic carbocycles. The highest BCUT2D eigenvalue weighted by Gasteiger charge is 2.34. The first-order valence-corrected chi connectivity index (χ1v) is 11.0. The molecule has 3 aromatic carbocycles. The van der Waals surface area contributed by atoms with Crippen molar-refractivity contribution in [3.8, 4) is 5.75 Å². The largest absolute Gasteiger partial charge is 0.490 e. The van der Waals surface area contributed by atoms with Gasteiger partial charge in [0.2, 0.25) is 0 Å². The topological polar surface area (TPSA) is 58.6 Å². The third-order valence-electron chi connectivity index (χ3n) is 5.29. The molecule has 162 valence electrons. The Balaban J connectivity index is 1.83. The second kappa shape index (κ2) is 8.93. The summed E-state index contributed by atoms with van der Waals surface area (Å²) in [5.41, 5.74) is 2.45. The molecular weight excluding hydrogens is 420 g/mol. The number of thiocarbonyl (C=S) groups is 1. The summed E-state index contributed by atoms with van der Waals surface area (Å²) in [5.74, 6) is -0.380. The summed E-state index contributed by atoms with van der Waals surface area (Å²) in [5, 5.41) is 4.60. The molecule has 0 unspecified atom stereocenters. The summed E-state index contributed by atoms with van der Waals surface area (Å²) >= 11 is 5.32. The average Bonchev–Trinajstić information content (AvgIpc) is 2.77. The molecule has 0 spiro atoms. The third-order valence-corrected chi connectivity index (χ3v) is 5.57. The molecule has 1 aliphatic rings. The lowest BCUT2D eigenvalue weighted by Crippen LogP contribution is -2.54. The second-order valence-corrected chi connectivity index (χ2v) is 8.23. The van der Waals surface area contributed by atoms with Gasteiger partial charge >= 0.3 is 0 Å². The molecule has 0 aromatic heterocycles. The van der Waals surface area contributed by atoms with E-state index in [-0.39, 0.29) is 16.8 Å². The van der Waals surface area contributed by atoms with Gasteiger partial charge in [0.05, 0.1) is 11.8 Å². The van der Waals surface area contributed by atoms with Crippen LogP contribution in [-0.2, 0) is 16.0 Å². The van der Waals surface area contributed by atoms with Crippen LogP contribution in [0.3, 0.4) is 0 Å². The molecule has 1 aliphatic heterocycles. The number of ether oxygens (including phenoxy) is 1. The number of hydrogen-bond donors (Lipinski definition) is 1. The lowest BCUT2D eigenvalue weighted by molar-refractivity contribution is -0.122. The number of nitrogens with one attached hydrogen (secondary N) is 1. The first kappa shape index (κ1) is 21.7. The van der Waals surface area contributed by atoms with E-state index in [4.69, 9.17) is 17.0 Å². The fourth-order valence-corrected chi connectivity index (χ4v) is 3.98. The molecular formula is C26H24N2O3S. The van der Waals surface area contributed by atoms with Crippen molar-refractivity contribution in [2.75, 3.05) is 4.90 Å². The van der Waals surface area contributed by atoms with Crippen LogP contribution >= 0.6 is 12.2 Å². The Morgan fingerprint density at radius 1 is 1.03 bits per heavy atom. The predicted octanol–water partition coefficient (Wildman–Crippen LogP) is 5.02. The summed E-state index contributed by atoms with van der Waals surface area (Å²) < 4.78 is 6.00. The average molecular weight is 445 g/mol. The van der Waals surface area contributed by atoms with Crippen LogP contribution in [0.1, 0.15) is 31.9 Å². The quantitative estimate of drug-likeness (QED) is 0.341. The first-order valence-electron chi connectivity index (χ1n) is 10.6. The molecule has 1 N–H and O–H groups in total. The molecule has 4 rings (SSSR count). The van der Waals surface area contributed by atoms with E-state index in [9.17, 15) is 9.59 Å². The summed E-state index contributed by atoms with van der Waals surface area (Å²) in [4.78, 5) is 27.6. The van der Waals surface area contributed by atoms with Gasteiger partial charge in [-0.05, 0) is 73.1 Å². The molecule has 0 bridgehead atoms. The minimum absolute atomic E-state index is 0.00290. The molecule has 0 radical (unpaired) electrons. The van der Waals surface area contributed by atoms with Gasteiger partial charge in [-0.1, -0.05) is 49.4 Å². The molecule has 1 heterocycles. The maximum absolute atomic E-state index is 13.4. The zero-order valence-electron chi connectivity index (χ0n) is 18.2. The van der Waals surface area contributed by atoms with Crippen LogP contribution in [0.2, 0.25) is 0 Å². The molecule has 1 saturated heterocycles. The van der Waals surface area contributed by atoms with Gasteiger partial charge in [0, 0.05) is 5.56 Å². The molecule has 2 amide bonds. The summed E-state index contributed by atoms with van der Waals surface area (Å²) in [6, 6.07) is 19.2. The number of benzene rings is 3. The van der Waals surface area contributed by atoms with Gasteiger partial charge in [0.25, 0.3) is 11.8 Å². The van der Waals surface area contributed by atoms with E-state index >= 15 is 0 Å². The smallest absolute Gasteiger partial charge is 0.270 e. The van der Waals surface area contributed by atoms with Crippen molar-refractivity contribution in [1.29, 1.82) is 0 Å². The van der Waals surface area contributed by atoms with Crippen molar-refractivity contribution < 1.29 is 14.3 Å². The van der Waals surface area contributed by atoms with Crippen LogP contribution in [0.25, 0.3) is 16.8 Å². The standard InChI is InChI=1S/C26H24N2O3S/c1-4-17-9-12-19(13-10-17)28-25(30)22(24(29)27-26(28)32)15-21-20-8-6-5-7-18(20)11-14-23(21)31-16(2)3/h5-16H,4H2,1-3H3,(H,27,29,32). The SMILES string of the molecule is CCc1ccc(N2C(=O)C(=Cc3c(OC(C)C)ccc4ccccc34)C(=O)NC2=S)cc1. The van der Waals surface area contributed by atoms with Gasteiger partial charge in [-0.3, -0.25) is 19.8 Å². The minimum atomic E-state index is -0.523. The molecule has 6 heteroatoms. The van der Waals surface area contributed by atoms with Gasteiger partial charge in [-0.25, -0.2) is 0 Å². The first-order chi connectivity index (χ1) is 15.4. The fourth-order valence-electron chi connectivity index (χ4n) is 3.70. The zero-order chi connectivity index (χ0) is 22.8. The Labute approximate surface area is 192 Å². The summed E-state index contributed by atoms with van der Waals surface area (Å²) in [6.07, 6.45) is 2.43. The number of aryl methyl sites for hydroxylation is 1. The normalized spacial score (nSPS) is 15.6. The van der Waals surface area contributed by atoms with E-state index in [0.717, 1.165) is 22.8 Å². The van der Waals surface area contributed by atoms with E-state index in [0.29, 0.717) is 17.0 Å². The van der Waals surface area contributed by atoms with Crippen molar-refractivity contribution >= 4 is 51.7 Å². The molecule has 0 atom stereocenters. The van der Waals surface area contributed by atoms with Crippen LogP contribution in [-0.4, -0.2) is 23.0 Å². The molecule has 32 heavy (non-hydrogen) atoms. The van der Waals surface area contributed by atoms with Crippen LogP contribution < -0.4 is 15.0 Å². The van der Waals surface area contributed by atoms with Gasteiger partial charge in [0.1, 0.15) is 11.3 Å². The number of anilines is 1. The van der Waals surface area contributed by atoms with E-state index < -0.39 is 11.8 Å². The molecule has 0 saturated carbocycles. The summed E-state index contributed by atoms with van der Waals surface area (Å²) in [6.45, 7) is 5.93. The maximum atomic E-state index is 13.4. The monoisotopic (exact) mass is 444 g/mol. The van der Waals surface area contributed by atoms with E-state index in [1.165, 1.54) is 4.90 Å². The van der Waals surface area contributed by atoms with Crippen LogP contribution in [0.4, 0.5) is 5.69 Å². The van der Waals surface area contributed by atoms with Crippen molar-refractivity contribution in [2.45, 2.75) is 33.3 Å². The Kier molecular flexibility index (Phi) is 6.06. The van der Waals surface area contributed by atoms with Gasteiger partial charge in [-0.15, -0.1) is 0 Å². The fraction of sp³-hybridized carbons (Fsp3) is 0.192. The second-order valence-electron chi connectivity index (χ2n) is 7.84. The number of fused-ring (bicyclic) bond motifs is 1. The van der Waals surface area contributed by atoms with E-state index in [1.54, 1.807) is 6.08 Å². The highest BCUT2D eigenvalue weighted by molar-refractivity contribution is 7.80.